The van der Waals surface area contributed by atoms with Crippen LogP contribution >= 0.6 is 0 Å². The summed E-state index contributed by atoms with van der Waals surface area (Å²) in [5.41, 5.74) is 0. The first-order valence-corrected chi connectivity index (χ1v) is 9.79. The summed E-state index contributed by atoms with van der Waals surface area (Å²) in [7, 11) is -3.17. The Kier molecular flexibility index (Phi) is 6.25. The van der Waals surface area contributed by atoms with E-state index in [1.165, 1.54) is 0 Å². The molecule has 1 aliphatic rings. The summed E-state index contributed by atoms with van der Waals surface area (Å²) in [6, 6.07) is 3.91. The Balaban J connectivity index is 1.94. The Hall–Kier alpha value is -0.890. The van der Waals surface area contributed by atoms with Gasteiger partial charge in [0.25, 0.3) is 0 Å². The monoisotopic (exact) mass is 344 g/mol. The molecule has 2 atom stereocenters. The van der Waals surface area contributed by atoms with Crippen LogP contribution in [0.3, 0.4) is 0 Å². The van der Waals surface area contributed by atoms with Gasteiger partial charge in [0, 0.05) is 19.1 Å². The molecule has 0 unspecified atom stereocenters. The first-order valence-electron chi connectivity index (χ1n) is 8.29. The van der Waals surface area contributed by atoms with Crippen molar-refractivity contribution < 1.29 is 17.9 Å². The van der Waals surface area contributed by atoms with Crippen molar-refractivity contribution in [3.8, 4) is 0 Å². The Morgan fingerprint density at radius 2 is 2.09 bits per heavy atom. The molecule has 1 fully saturated rings. The van der Waals surface area contributed by atoms with Gasteiger partial charge in [-0.1, -0.05) is 13.3 Å². The van der Waals surface area contributed by atoms with Crippen LogP contribution in [0.1, 0.15) is 45.1 Å². The number of hydrogen-bond donors (Lipinski definition) is 2. The molecule has 2 heterocycles. The highest BCUT2D eigenvalue weighted by atomic mass is 32.2. The van der Waals surface area contributed by atoms with Gasteiger partial charge >= 0.3 is 0 Å². The van der Waals surface area contributed by atoms with Gasteiger partial charge in [0.15, 0.2) is 0 Å². The predicted octanol–water partition coefficient (Wildman–Crippen LogP) is 1.70. The van der Waals surface area contributed by atoms with Crippen LogP contribution in [0.25, 0.3) is 0 Å². The van der Waals surface area contributed by atoms with E-state index in [-0.39, 0.29) is 17.9 Å². The molecule has 0 radical (unpaired) electrons. The fraction of sp³-hybridized carbons (Fsp3) is 0.750. The Morgan fingerprint density at radius 3 is 2.65 bits per heavy atom. The van der Waals surface area contributed by atoms with Gasteiger partial charge in [-0.05, 0) is 38.3 Å². The molecule has 2 rings (SSSR count). The number of aliphatic hydroxyl groups excluding tert-OH is 1. The van der Waals surface area contributed by atoms with Gasteiger partial charge in [-0.2, -0.15) is 0 Å². The molecule has 1 aromatic heterocycles. The maximum absolute atomic E-state index is 12.3. The van der Waals surface area contributed by atoms with Crippen molar-refractivity contribution in [1.82, 2.24) is 9.62 Å². The van der Waals surface area contributed by atoms with Crippen LogP contribution in [0.2, 0.25) is 0 Å². The molecule has 7 heteroatoms. The summed E-state index contributed by atoms with van der Waals surface area (Å²) in [6.45, 7) is 7.21. The van der Waals surface area contributed by atoms with E-state index in [1.807, 2.05) is 6.07 Å². The van der Waals surface area contributed by atoms with Gasteiger partial charge < -0.3 is 14.8 Å². The van der Waals surface area contributed by atoms with Crippen molar-refractivity contribution in [3.05, 3.63) is 23.7 Å². The zero-order chi connectivity index (χ0) is 17.0. The van der Waals surface area contributed by atoms with Crippen LogP contribution in [-0.4, -0.2) is 42.2 Å². The molecule has 0 bridgehead atoms. The molecule has 1 aliphatic heterocycles. The van der Waals surface area contributed by atoms with E-state index in [4.69, 9.17) is 9.52 Å². The quantitative estimate of drug-likeness (QED) is 0.787. The minimum absolute atomic E-state index is 0.0942. The lowest BCUT2D eigenvalue weighted by molar-refractivity contribution is 0.195. The summed E-state index contributed by atoms with van der Waals surface area (Å²) >= 11 is 0. The number of sulfonamides is 1. The van der Waals surface area contributed by atoms with Crippen molar-refractivity contribution in [2.75, 3.05) is 13.1 Å². The van der Waals surface area contributed by atoms with Gasteiger partial charge in [-0.15, -0.1) is 0 Å². The number of rotatable bonds is 7. The third-order valence-corrected chi connectivity index (χ3v) is 6.83. The summed E-state index contributed by atoms with van der Waals surface area (Å²) in [5.74, 6) is 1.65. The molecule has 0 aliphatic carbocycles. The van der Waals surface area contributed by atoms with E-state index in [2.05, 4.69) is 12.2 Å². The second-order valence-electron chi connectivity index (χ2n) is 6.42. The molecule has 0 spiro atoms. The number of aliphatic hydroxyl groups is 1. The van der Waals surface area contributed by atoms with Crippen molar-refractivity contribution in [1.29, 1.82) is 0 Å². The molecular formula is C16H28N2O4S. The number of hydrogen-bond acceptors (Lipinski definition) is 5. The molecule has 6 nitrogen and oxygen atoms in total. The van der Waals surface area contributed by atoms with Crippen LogP contribution in [-0.2, 0) is 23.2 Å². The molecular weight excluding hydrogens is 316 g/mol. The average molecular weight is 344 g/mol. The average Bonchev–Trinajstić information content (AvgIpc) is 3.00. The van der Waals surface area contributed by atoms with Crippen molar-refractivity contribution >= 4 is 10.0 Å². The van der Waals surface area contributed by atoms with E-state index in [0.717, 1.165) is 18.6 Å². The minimum Gasteiger partial charge on any atom is -0.462 e. The Labute approximate surface area is 138 Å². The van der Waals surface area contributed by atoms with E-state index in [9.17, 15) is 8.42 Å². The summed E-state index contributed by atoms with van der Waals surface area (Å²) in [5, 5.41) is 12.1. The number of furan rings is 1. The highest BCUT2D eigenvalue weighted by Gasteiger charge is 2.35. The predicted molar refractivity (Wildman–Crippen MR) is 89.3 cm³/mol. The summed E-state index contributed by atoms with van der Waals surface area (Å²) in [4.78, 5) is 0. The lowest BCUT2D eigenvalue weighted by Gasteiger charge is -2.38. The second-order valence-corrected chi connectivity index (χ2v) is 8.91. The third-order valence-electron chi connectivity index (χ3n) is 4.59. The highest BCUT2D eigenvalue weighted by Crippen LogP contribution is 2.24. The lowest BCUT2D eigenvalue weighted by atomic mass is 9.91. The second kappa shape index (κ2) is 7.79. The number of nitrogens with zero attached hydrogens (tertiary/aromatic N) is 1. The van der Waals surface area contributed by atoms with Gasteiger partial charge in [-0.25, -0.2) is 12.7 Å². The van der Waals surface area contributed by atoms with Gasteiger partial charge in [0.05, 0.1) is 11.8 Å². The van der Waals surface area contributed by atoms with Crippen LogP contribution in [0.15, 0.2) is 16.5 Å². The van der Waals surface area contributed by atoms with E-state index in [0.29, 0.717) is 31.3 Å². The fourth-order valence-electron chi connectivity index (χ4n) is 3.04. The lowest BCUT2D eigenvalue weighted by Crippen LogP contribution is -2.51. The van der Waals surface area contributed by atoms with Crippen LogP contribution in [0, 0.1) is 5.92 Å². The van der Waals surface area contributed by atoms with E-state index >= 15 is 0 Å². The maximum Gasteiger partial charge on any atom is 0.216 e. The minimum atomic E-state index is -3.17. The molecule has 1 aromatic rings. The van der Waals surface area contributed by atoms with Crippen LogP contribution in [0.4, 0.5) is 0 Å². The first kappa shape index (κ1) is 18.4. The Bertz CT molecular complexity index is 597. The molecule has 23 heavy (non-hydrogen) atoms. The van der Waals surface area contributed by atoms with Crippen LogP contribution in [0.5, 0.6) is 0 Å². The van der Waals surface area contributed by atoms with Gasteiger partial charge in [-0.3, -0.25) is 0 Å². The molecule has 0 saturated carbocycles. The topological polar surface area (TPSA) is 82.8 Å². The zero-order valence-corrected chi connectivity index (χ0v) is 15.0. The highest BCUT2D eigenvalue weighted by molar-refractivity contribution is 7.89. The standard InChI is InChI=1S/C16H28N2O4S/c1-4-13-10-18(23(20,21)12(2)3)8-7-16(13)17-9-14-5-6-15(11-19)22-14/h5-6,12-13,16-17,19H,4,7-11H2,1-3H3/t13-,16-/m0/s1. The normalized spacial score (nSPS) is 23.5. The molecule has 1 saturated heterocycles. The summed E-state index contributed by atoms with van der Waals surface area (Å²) < 4.78 is 31.8. The van der Waals surface area contributed by atoms with Gasteiger partial charge in [0.2, 0.25) is 10.0 Å². The SMILES string of the molecule is CC[C@H]1CN(S(=O)(=O)C(C)C)CC[C@@H]1NCc1ccc(CO)o1. The van der Waals surface area contributed by atoms with E-state index in [1.54, 1.807) is 24.2 Å². The fourth-order valence-corrected chi connectivity index (χ4v) is 4.40. The van der Waals surface area contributed by atoms with Crippen molar-refractivity contribution in [2.24, 2.45) is 5.92 Å². The molecule has 2 N–H and O–H groups in total. The number of piperidine rings is 1. The number of nitrogens with one attached hydrogen (secondary N) is 1. The van der Waals surface area contributed by atoms with Crippen LogP contribution < -0.4 is 5.32 Å². The largest absolute Gasteiger partial charge is 0.462 e. The first-order chi connectivity index (χ1) is 10.9. The maximum atomic E-state index is 12.3. The third kappa shape index (κ3) is 4.35. The Morgan fingerprint density at radius 1 is 1.39 bits per heavy atom. The van der Waals surface area contributed by atoms with Crippen molar-refractivity contribution in [2.45, 2.75) is 58.1 Å². The summed E-state index contributed by atoms with van der Waals surface area (Å²) in [6.07, 6.45) is 1.74. The molecule has 132 valence electrons. The van der Waals surface area contributed by atoms with Gasteiger partial charge in [0.1, 0.15) is 18.1 Å². The van der Waals surface area contributed by atoms with E-state index < -0.39 is 10.0 Å². The smallest absolute Gasteiger partial charge is 0.216 e. The zero-order valence-electron chi connectivity index (χ0n) is 14.2. The molecule has 0 amide bonds. The van der Waals surface area contributed by atoms with Crippen molar-refractivity contribution in [3.63, 3.8) is 0 Å². The molecule has 0 aromatic carbocycles.